The van der Waals surface area contributed by atoms with Gasteiger partial charge in [0.05, 0.1) is 32.6 Å². The zero-order valence-corrected chi connectivity index (χ0v) is 18.3. The number of nitrogens with one attached hydrogen (secondary N) is 2. The Balaban J connectivity index is 1.72. The quantitative estimate of drug-likeness (QED) is 0.588. The molecule has 1 aromatic carbocycles. The number of hydrogen-bond donors (Lipinski definition) is 2. The minimum Gasteiger partial charge on any atom is -0.350 e. The van der Waals surface area contributed by atoms with Crippen LogP contribution in [0.4, 0.5) is 5.95 Å². The lowest BCUT2D eigenvalue weighted by Gasteiger charge is -2.15. The van der Waals surface area contributed by atoms with E-state index in [4.69, 9.17) is 4.98 Å². The number of quaternary nitrogens is 1. The van der Waals surface area contributed by atoms with Crippen molar-refractivity contribution in [3.63, 3.8) is 0 Å². The number of rotatable bonds is 7. The Labute approximate surface area is 176 Å². The third-order valence-electron chi connectivity index (χ3n) is 5.70. The molecule has 3 aromatic rings. The second-order valence-corrected chi connectivity index (χ2v) is 9.34. The molecule has 0 amide bonds. The van der Waals surface area contributed by atoms with Gasteiger partial charge in [-0.25, -0.2) is 4.98 Å². The Kier molecular flexibility index (Phi) is 6.31. The van der Waals surface area contributed by atoms with Crippen LogP contribution in [0, 0.1) is 0 Å². The van der Waals surface area contributed by atoms with Crippen molar-refractivity contribution >= 4 is 27.5 Å². The summed E-state index contributed by atoms with van der Waals surface area (Å²) in [4.78, 5) is 22.2. The number of anilines is 1. The van der Waals surface area contributed by atoms with Crippen LogP contribution in [0.5, 0.6) is 0 Å². The number of aromatic nitrogens is 2. The van der Waals surface area contributed by atoms with Crippen LogP contribution in [0.15, 0.2) is 35.1 Å². The number of benzene rings is 1. The van der Waals surface area contributed by atoms with Crippen LogP contribution in [-0.2, 0) is 25.8 Å². The standard InChI is InChI=1S/C23H30N4OS/c1-26(2)16-14-24-23-25-21-20(18-11-7-4-8-12-19(18)29-21)22(28)27(23)15-13-17-9-5-3-6-10-17/h3,5-6,9-10H,4,7-8,11-16H2,1-2H3,(H,24,25)/p+1. The second-order valence-electron chi connectivity index (χ2n) is 8.26. The van der Waals surface area contributed by atoms with Crippen LogP contribution >= 0.6 is 11.3 Å². The average molecular weight is 412 g/mol. The zero-order chi connectivity index (χ0) is 20.2. The summed E-state index contributed by atoms with van der Waals surface area (Å²) in [5.41, 5.74) is 2.65. The number of nitrogens with zero attached hydrogens (tertiary/aromatic N) is 2. The molecule has 0 fully saturated rings. The van der Waals surface area contributed by atoms with E-state index in [-0.39, 0.29) is 5.56 Å². The van der Waals surface area contributed by atoms with Gasteiger partial charge >= 0.3 is 0 Å². The summed E-state index contributed by atoms with van der Waals surface area (Å²) in [5, 5.41) is 4.32. The number of likely N-dealkylation sites (N-methyl/N-ethyl adjacent to an activating group) is 1. The fraction of sp³-hybridized carbons (Fsp3) is 0.478. The first-order valence-corrected chi connectivity index (χ1v) is 11.6. The summed E-state index contributed by atoms with van der Waals surface area (Å²) in [5.74, 6) is 0.719. The van der Waals surface area contributed by atoms with E-state index in [1.54, 1.807) is 11.3 Å². The van der Waals surface area contributed by atoms with Crippen LogP contribution < -0.4 is 15.8 Å². The number of hydrogen-bond acceptors (Lipinski definition) is 4. The first kappa shape index (κ1) is 20.1. The molecule has 0 bridgehead atoms. The van der Waals surface area contributed by atoms with Gasteiger partial charge in [0.2, 0.25) is 5.95 Å². The fourth-order valence-corrected chi connectivity index (χ4v) is 5.32. The normalized spacial score (nSPS) is 14.2. The predicted molar refractivity (Wildman–Crippen MR) is 121 cm³/mol. The van der Waals surface area contributed by atoms with Gasteiger partial charge in [-0.15, -0.1) is 11.3 Å². The van der Waals surface area contributed by atoms with Gasteiger partial charge in [-0.3, -0.25) is 9.36 Å². The van der Waals surface area contributed by atoms with Crippen LogP contribution in [0.3, 0.4) is 0 Å². The van der Waals surface area contributed by atoms with Crippen molar-refractivity contribution in [3.05, 3.63) is 56.7 Å². The lowest BCUT2D eigenvalue weighted by molar-refractivity contribution is -0.856. The SMILES string of the molecule is C[NH+](C)CCNc1nc2sc3c(c2c(=O)n1CCc1ccccc1)CCCCC3. The largest absolute Gasteiger partial charge is 0.350 e. The van der Waals surface area contributed by atoms with E-state index in [2.05, 4.69) is 43.7 Å². The maximum atomic E-state index is 13.6. The fourth-order valence-electron chi connectivity index (χ4n) is 4.07. The Morgan fingerprint density at radius 1 is 1.14 bits per heavy atom. The monoisotopic (exact) mass is 411 g/mol. The highest BCUT2D eigenvalue weighted by atomic mass is 32.1. The van der Waals surface area contributed by atoms with Crippen LogP contribution in [0.2, 0.25) is 0 Å². The van der Waals surface area contributed by atoms with Crippen LogP contribution in [0.25, 0.3) is 10.2 Å². The topological polar surface area (TPSA) is 51.4 Å². The molecule has 2 aromatic heterocycles. The van der Waals surface area contributed by atoms with Crippen molar-refractivity contribution in [3.8, 4) is 0 Å². The summed E-state index contributed by atoms with van der Waals surface area (Å²) < 4.78 is 1.87. The molecule has 0 saturated carbocycles. The van der Waals surface area contributed by atoms with Crippen molar-refractivity contribution in [2.75, 3.05) is 32.5 Å². The van der Waals surface area contributed by atoms with Gasteiger partial charge in [-0.05, 0) is 43.2 Å². The average Bonchev–Trinajstić information content (AvgIpc) is 2.89. The third kappa shape index (κ3) is 4.54. The maximum Gasteiger partial charge on any atom is 0.263 e. The van der Waals surface area contributed by atoms with Gasteiger partial charge in [-0.2, -0.15) is 0 Å². The molecular weight excluding hydrogens is 380 g/mol. The van der Waals surface area contributed by atoms with Crippen molar-refractivity contribution in [1.29, 1.82) is 0 Å². The number of fused-ring (bicyclic) bond motifs is 3. The molecule has 0 atom stereocenters. The predicted octanol–water partition coefficient (Wildman–Crippen LogP) is 2.53. The smallest absolute Gasteiger partial charge is 0.263 e. The van der Waals surface area contributed by atoms with E-state index in [0.29, 0.717) is 6.54 Å². The highest BCUT2D eigenvalue weighted by molar-refractivity contribution is 7.18. The maximum absolute atomic E-state index is 13.6. The minimum absolute atomic E-state index is 0.130. The Bertz CT molecular complexity index is 1020. The van der Waals surface area contributed by atoms with E-state index in [0.717, 1.165) is 48.5 Å². The molecule has 29 heavy (non-hydrogen) atoms. The molecule has 0 aliphatic heterocycles. The highest BCUT2D eigenvalue weighted by Gasteiger charge is 2.21. The first-order chi connectivity index (χ1) is 14.1. The van der Waals surface area contributed by atoms with Gasteiger partial charge in [0.25, 0.3) is 5.56 Å². The van der Waals surface area contributed by atoms with E-state index in [9.17, 15) is 4.79 Å². The third-order valence-corrected chi connectivity index (χ3v) is 6.89. The van der Waals surface area contributed by atoms with Crippen molar-refractivity contribution < 1.29 is 4.90 Å². The van der Waals surface area contributed by atoms with Crippen LogP contribution in [-0.4, -0.2) is 36.7 Å². The molecule has 0 unspecified atom stereocenters. The summed E-state index contributed by atoms with van der Waals surface area (Å²) in [7, 11) is 4.27. The van der Waals surface area contributed by atoms with Crippen molar-refractivity contribution in [1.82, 2.24) is 9.55 Å². The molecule has 0 saturated heterocycles. The summed E-state index contributed by atoms with van der Waals surface area (Å²) in [6, 6.07) is 10.4. The van der Waals surface area contributed by atoms with E-state index < -0.39 is 0 Å². The molecule has 6 heteroatoms. The first-order valence-electron chi connectivity index (χ1n) is 10.8. The molecule has 5 nitrogen and oxygen atoms in total. The van der Waals surface area contributed by atoms with Gasteiger partial charge in [0, 0.05) is 11.4 Å². The summed E-state index contributed by atoms with van der Waals surface area (Å²) in [6.45, 7) is 2.43. The lowest BCUT2D eigenvalue weighted by Crippen LogP contribution is -3.06. The molecule has 1 aliphatic carbocycles. The van der Waals surface area contributed by atoms with E-state index >= 15 is 0 Å². The highest BCUT2D eigenvalue weighted by Crippen LogP contribution is 2.33. The lowest BCUT2D eigenvalue weighted by atomic mass is 10.1. The number of aryl methyl sites for hydroxylation is 3. The molecule has 0 spiro atoms. The van der Waals surface area contributed by atoms with E-state index in [1.165, 1.54) is 40.2 Å². The molecular formula is C23H31N4OS+. The molecule has 154 valence electrons. The molecule has 2 heterocycles. The van der Waals surface area contributed by atoms with Gasteiger partial charge in [0.15, 0.2) is 0 Å². The van der Waals surface area contributed by atoms with E-state index in [1.807, 2.05) is 10.6 Å². The second kappa shape index (κ2) is 9.09. The van der Waals surface area contributed by atoms with Gasteiger partial charge in [-0.1, -0.05) is 36.8 Å². The Morgan fingerprint density at radius 2 is 1.93 bits per heavy atom. The molecule has 1 aliphatic rings. The minimum atomic E-state index is 0.130. The zero-order valence-electron chi connectivity index (χ0n) is 17.5. The molecule has 0 radical (unpaired) electrons. The summed E-state index contributed by atoms with van der Waals surface area (Å²) in [6.07, 6.45) is 6.58. The number of thiophene rings is 1. The van der Waals surface area contributed by atoms with Crippen LogP contribution in [0.1, 0.15) is 35.3 Å². The Morgan fingerprint density at radius 3 is 2.72 bits per heavy atom. The Hall–Kier alpha value is -2.18. The van der Waals surface area contributed by atoms with Gasteiger partial charge in [0.1, 0.15) is 4.83 Å². The van der Waals surface area contributed by atoms with Crippen molar-refractivity contribution in [2.45, 2.75) is 45.1 Å². The van der Waals surface area contributed by atoms with Crippen molar-refractivity contribution in [2.24, 2.45) is 0 Å². The summed E-state index contributed by atoms with van der Waals surface area (Å²) >= 11 is 1.73. The molecule has 4 rings (SSSR count). The molecule has 2 N–H and O–H groups in total. The van der Waals surface area contributed by atoms with Gasteiger partial charge < -0.3 is 10.2 Å².